The minimum absolute atomic E-state index is 0.0283. The first-order chi connectivity index (χ1) is 10.2. The predicted molar refractivity (Wildman–Crippen MR) is 87.9 cm³/mol. The topological polar surface area (TPSA) is 81.6 Å². The summed E-state index contributed by atoms with van der Waals surface area (Å²) in [5.74, 6) is 0.256. The Morgan fingerprint density at radius 3 is 2.36 bits per heavy atom. The summed E-state index contributed by atoms with van der Waals surface area (Å²) in [6.45, 7) is 7.97. The Labute approximate surface area is 132 Å². The number of aryl methyl sites for hydroxylation is 1. The van der Waals surface area contributed by atoms with Gasteiger partial charge in [0, 0.05) is 12.6 Å². The lowest BCUT2D eigenvalue weighted by Crippen LogP contribution is -2.46. The van der Waals surface area contributed by atoms with Gasteiger partial charge in [0.05, 0.1) is 6.10 Å². The van der Waals surface area contributed by atoms with Gasteiger partial charge in [-0.25, -0.2) is 4.79 Å². The molecule has 2 amide bonds. The molecule has 0 radical (unpaired) electrons. The summed E-state index contributed by atoms with van der Waals surface area (Å²) in [5.41, 5.74) is 0.868. The number of hydrogen-bond acceptors (Lipinski definition) is 3. The van der Waals surface area contributed by atoms with Crippen molar-refractivity contribution in [2.45, 2.75) is 52.7 Å². The Bertz CT molecular complexity index is 466. The molecule has 1 aromatic rings. The maximum absolute atomic E-state index is 11.8. The molecule has 0 fully saturated rings. The van der Waals surface area contributed by atoms with Crippen molar-refractivity contribution >= 4 is 6.03 Å². The first-order valence-corrected chi connectivity index (χ1v) is 7.69. The largest absolute Gasteiger partial charge is 0.508 e. The molecule has 124 valence electrons. The van der Waals surface area contributed by atoms with Crippen LogP contribution in [0.15, 0.2) is 24.3 Å². The highest BCUT2D eigenvalue weighted by molar-refractivity contribution is 5.74. The number of carbonyl (C=O) groups is 1. The van der Waals surface area contributed by atoms with E-state index in [2.05, 4.69) is 10.6 Å². The van der Waals surface area contributed by atoms with Gasteiger partial charge in [-0.1, -0.05) is 32.9 Å². The molecule has 0 bridgehead atoms. The summed E-state index contributed by atoms with van der Waals surface area (Å²) in [6, 6.07) is 6.84. The summed E-state index contributed by atoms with van der Waals surface area (Å²) in [4.78, 5) is 11.8. The predicted octanol–water partition coefficient (Wildman–Crippen LogP) is 2.42. The van der Waals surface area contributed by atoms with E-state index >= 15 is 0 Å². The van der Waals surface area contributed by atoms with Crippen LogP contribution in [0.5, 0.6) is 5.75 Å². The molecule has 1 aromatic carbocycles. The van der Waals surface area contributed by atoms with Crippen molar-refractivity contribution in [3.8, 4) is 5.75 Å². The molecule has 0 aliphatic heterocycles. The number of carbonyl (C=O) groups excluding carboxylic acids is 1. The summed E-state index contributed by atoms with van der Waals surface area (Å²) >= 11 is 0. The smallest absolute Gasteiger partial charge is 0.315 e. The molecule has 5 heteroatoms. The zero-order chi connectivity index (χ0) is 16.8. The van der Waals surface area contributed by atoms with Crippen molar-refractivity contribution in [2.75, 3.05) is 6.54 Å². The van der Waals surface area contributed by atoms with Gasteiger partial charge in [0.2, 0.25) is 0 Å². The number of phenolic OH excluding ortho intramolecular Hbond substituents is 1. The van der Waals surface area contributed by atoms with Crippen LogP contribution >= 0.6 is 0 Å². The standard InChI is InChI=1S/C17H28N2O3/c1-12(5-6-13-7-9-14(20)10-8-13)19-16(22)18-11-15(21)17(2,3)4/h7-10,12,15,20-21H,5-6,11H2,1-4H3,(H2,18,19,22). The van der Waals surface area contributed by atoms with Crippen LogP contribution in [-0.2, 0) is 6.42 Å². The third kappa shape index (κ3) is 6.80. The number of rotatable bonds is 6. The van der Waals surface area contributed by atoms with E-state index in [1.54, 1.807) is 12.1 Å². The molecule has 0 saturated carbocycles. The highest BCUT2D eigenvalue weighted by Crippen LogP contribution is 2.18. The van der Waals surface area contributed by atoms with Crippen LogP contribution in [-0.4, -0.2) is 34.9 Å². The highest BCUT2D eigenvalue weighted by Gasteiger charge is 2.22. The third-order valence-corrected chi connectivity index (χ3v) is 3.64. The SMILES string of the molecule is CC(CCc1ccc(O)cc1)NC(=O)NCC(O)C(C)(C)C. The summed E-state index contributed by atoms with van der Waals surface area (Å²) in [6.07, 6.45) is 1.05. The van der Waals surface area contributed by atoms with Gasteiger partial charge in [-0.3, -0.25) is 0 Å². The van der Waals surface area contributed by atoms with Crippen LogP contribution in [0.25, 0.3) is 0 Å². The molecule has 0 spiro atoms. The van der Waals surface area contributed by atoms with Crippen molar-refractivity contribution in [1.29, 1.82) is 0 Å². The molecule has 4 N–H and O–H groups in total. The van der Waals surface area contributed by atoms with Crippen LogP contribution in [0.4, 0.5) is 4.79 Å². The molecule has 22 heavy (non-hydrogen) atoms. The fourth-order valence-electron chi connectivity index (χ4n) is 1.89. The van der Waals surface area contributed by atoms with Crippen LogP contribution in [0, 0.1) is 5.41 Å². The van der Waals surface area contributed by atoms with Gasteiger partial charge in [0.25, 0.3) is 0 Å². The Morgan fingerprint density at radius 1 is 1.23 bits per heavy atom. The lowest BCUT2D eigenvalue weighted by Gasteiger charge is -2.26. The first kappa shape index (κ1) is 18.3. The van der Waals surface area contributed by atoms with E-state index in [0.717, 1.165) is 18.4 Å². The zero-order valence-electron chi connectivity index (χ0n) is 13.9. The van der Waals surface area contributed by atoms with Crippen LogP contribution in [0.2, 0.25) is 0 Å². The molecular formula is C17H28N2O3. The van der Waals surface area contributed by atoms with E-state index in [-0.39, 0.29) is 29.8 Å². The zero-order valence-corrected chi connectivity index (χ0v) is 13.9. The Morgan fingerprint density at radius 2 is 1.82 bits per heavy atom. The molecule has 2 atom stereocenters. The lowest BCUT2D eigenvalue weighted by molar-refractivity contribution is 0.0649. The number of nitrogens with one attached hydrogen (secondary N) is 2. The van der Waals surface area contributed by atoms with E-state index in [1.165, 1.54) is 0 Å². The number of amides is 2. The molecule has 0 saturated heterocycles. The van der Waals surface area contributed by atoms with Crippen molar-refractivity contribution in [3.63, 3.8) is 0 Å². The van der Waals surface area contributed by atoms with Crippen molar-refractivity contribution in [2.24, 2.45) is 5.41 Å². The van der Waals surface area contributed by atoms with Gasteiger partial charge < -0.3 is 20.8 Å². The average molecular weight is 308 g/mol. The molecule has 0 aliphatic carbocycles. The summed E-state index contributed by atoms with van der Waals surface area (Å²) < 4.78 is 0. The summed E-state index contributed by atoms with van der Waals surface area (Å²) in [7, 11) is 0. The van der Waals surface area contributed by atoms with Crippen LogP contribution in [0.3, 0.4) is 0 Å². The van der Waals surface area contributed by atoms with Crippen LogP contribution < -0.4 is 10.6 Å². The number of hydrogen-bond donors (Lipinski definition) is 4. The van der Waals surface area contributed by atoms with E-state index in [4.69, 9.17) is 0 Å². The normalized spacial score (nSPS) is 14.2. The summed E-state index contributed by atoms with van der Waals surface area (Å²) in [5, 5.41) is 24.7. The van der Waals surface area contributed by atoms with Gasteiger partial charge in [0.15, 0.2) is 0 Å². The second-order valence-corrected chi connectivity index (χ2v) is 6.84. The first-order valence-electron chi connectivity index (χ1n) is 7.69. The van der Waals surface area contributed by atoms with Crippen molar-refractivity contribution < 1.29 is 15.0 Å². The van der Waals surface area contributed by atoms with Gasteiger partial charge in [-0.15, -0.1) is 0 Å². The number of urea groups is 1. The molecule has 0 heterocycles. The quantitative estimate of drug-likeness (QED) is 0.651. The van der Waals surface area contributed by atoms with Gasteiger partial charge >= 0.3 is 6.03 Å². The number of aliphatic hydroxyl groups excluding tert-OH is 1. The Hall–Kier alpha value is -1.75. The van der Waals surface area contributed by atoms with E-state index in [1.807, 2.05) is 39.8 Å². The second-order valence-electron chi connectivity index (χ2n) is 6.84. The van der Waals surface area contributed by atoms with E-state index in [0.29, 0.717) is 0 Å². The fraction of sp³-hybridized carbons (Fsp3) is 0.588. The molecular weight excluding hydrogens is 280 g/mol. The van der Waals surface area contributed by atoms with E-state index in [9.17, 15) is 15.0 Å². The highest BCUT2D eigenvalue weighted by atomic mass is 16.3. The Kier molecular flexibility index (Phi) is 6.68. The maximum atomic E-state index is 11.8. The average Bonchev–Trinajstić information content (AvgIpc) is 2.43. The second kappa shape index (κ2) is 8.03. The van der Waals surface area contributed by atoms with Crippen LogP contribution in [0.1, 0.15) is 39.7 Å². The number of aliphatic hydroxyl groups is 1. The van der Waals surface area contributed by atoms with Gasteiger partial charge in [-0.05, 0) is 42.9 Å². The molecule has 5 nitrogen and oxygen atoms in total. The van der Waals surface area contributed by atoms with Crippen molar-refractivity contribution in [1.82, 2.24) is 10.6 Å². The minimum Gasteiger partial charge on any atom is -0.508 e. The maximum Gasteiger partial charge on any atom is 0.315 e. The fourth-order valence-corrected chi connectivity index (χ4v) is 1.89. The molecule has 2 unspecified atom stereocenters. The number of phenols is 1. The monoisotopic (exact) mass is 308 g/mol. The number of benzene rings is 1. The van der Waals surface area contributed by atoms with Gasteiger partial charge in [-0.2, -0.15) is 0 Å². The molecule has 1 rings (SSSR count). The third-order valence-electron chi connectivity index (χ3n) is 3.64. The van der Waals surface area contributed by atoms with Gasteiger partial charge in [0.1, 0.15) is 5.75 Å². The Balaban J connectivity index is 2.28. The van der Waals surface area contributed by atoms with E-state index < -0.39 is 6.10 Å². The lowest BCUT2D eigenvalue weighted by atomic mass is 9.89. The van der Waals surface area contributed by atoms with Crippen molar-refractivity contribution in [3.05, 3.63) is 29.8 Å². The number of aromatic hydroxyl groups is 1. The molecule has 0 aliphatic rings. The minimum atomic E-state index is -0.578. The molecule has 0 aromatic heterocycles.